The Kier molecular flexibility index (Phi) is 10.2. The highest BCUT2D eigenvalue weighted by molar-refractivity contribution is 14.0. The second kappa shape index (κ2) is 11.9. The van der Waals surface area contributed by atoms with Crippen LogP contribution in [0, 0.1) is 6.92 Å². The quantitative estimate of drug-likeness (QED) is 0.351. The van der Waals surface area contributed by atoms with Crippen LogP contribution in [-0.4, -0.2) is 29.2 Å². The van der Waals surface area contributed by atoms with Gasteiger partial charge in [-0.3, -0.25) is 4.98 Å². The Morgan fingerprint density at radius 1 is 1.19 bits per heavy atom. The molecule has 0 radical (unpaired) electrons. The molecule has 26 heavy (non-hydrogen) atoms. The number of guanidine groups is 1. The van der Waals surface area contributed by atoms with Gasteiger partial charge in [-0.1, -0.05) is 19.0 Å². The van der Waals surface area contributed by atoms with Crippen molar-refractivity contribution < 1.29 is 4.52 Å². The number of nitrogens with one attached hydrogen (secondary N) is 2. The molecular weight excluding hydrogens is 441 g/mol. The number of aryl methyl sites for hydroxylation is 3. The molecule has 144 valence electrons. The molecule has 2 heterocycles. The monoisotopic (exact) mass is 471 g/mol. The lowest BCUT2D eigenvalue weighted by Crippen LogP contribution is -2.38. The highest BCUT2D eigenvalue weighted by atomic mass is 127. The van der Waals surface area contributed by atoms with Crippen LogP contribution in [-0.2, 0) is 25.8 Å². The summed E-state index contributed by atoms with van der Waals surface area (Å²) in [4.78, 5) is 8.85. The summed E-state index contributed by atoms with van der Waals surface area (Å²) in [5, 5.41) is 10.8. The van der Waals surface area contributed by atoms with E-state index in [9.17, 15) is 0 Å². The summed E-state index contributed by atoms with van der Waals surface area (Å²) in [6, 6.07) is 2.07. The van der Waals surface area contributed by atoms with E-state index in [1.807, 2.05) is 12.4 Å². The molecule has 0 amide bonds. The fourth-order valence-corrected chi connectivity index (χ4v) is 2.71. The summed E-state index contributed by atoms with van der Waals surface area (Å²) >= 11 is 0. The summed E-state index contributed by atoms with van der Waals surface area (Å²) in [7, 11) is 0. The minimum atomic E-state index is 0. The standard InChI is InChI=1S/C19H29N5O.HI/c1-5-17-16(18(6-2)25-24-17)13-23-19(21-7-3)22-11-9-15-8-10-20-12-14(15)4;/h8,10,12H,5-7,9,11,13H2,1-4H3,(H2,21,22,23);1H. The molecule has 0 aromatic carbocycles. The molecule has 7 heteroatoms. The molecule has 0 aliphatic rings. The van der Waals surface area contributed by atoms with Crippen LogP contribution in [0.3, 0.4) is 0 Å². The van der Waals surface area contributed by atoms with E-state index < -0.39 is 0 Å². The van der Waals surface area contributed by atoms with Crippen LogP contribution in [0.2, 0.25) is 0 Å². The highest BCUT2D eigenvalue weighted by Crippen LogP contribution is 2.16. The number of nitrogens with zero attached hydrogens (tertiary/aromatic N) is 3. The van der Waals surface area contributed by atoms with Gasteiger partial charge in [0, 0.05) is 37.5 Å². The van der Waals surface area contributed by atoms with Crippen molar-refractivity contribution in [1.82, 2.24) is 20.8 Å². The van der Waals surface area contributed by atoms with Gasteiger partial charge in [0.05, 0.1) is 12.2 Å². The van der Waals surface area contributed by atoms with E-state index in [4.69, 9.17) is 9.52 Å². The van der Waals surface area contributed by atoms with Crippen LogP contribution in [0.15, 0.2) is 28.0 Å². The van der Waals surface area contributed by atoms with Crippen molar-refractivity contribution in [3.8, 4) is 0 Å². The van der Waals surface area contributed by atoms with Gasteiger partial charge in [0.25, 0.3) is 0 Å². The number of hydrogen-bond acceptors (Lipinski definition) is 4. The Balaban J connectivity index is 0.00000338. The first-order valence-electron chi connectivity index (χ1n) is 9.07. The van der Waals surface area contributed by atoms with Crippen molar-refractivity contribution in [3.05, 3.63) is 46.6 Å². The summed E-state index contributed by atoms with van der Waals surface area (Å²) < 4.78 is 5.41. The minimum Gasteiger partial charge on any atom is -0.361 e. The van der Waals surface area contributed by atoms with Gasteiger partial charge in [0.15, 0.2) is 5.96 Å². The summed E-state index contributed by atoms with van der Waals surface area (Å²) in [5.41, 5.74) is 4.64. The lowest BCUT2D eigenvalue weighted by Gasteiger charge is -2.12. The number of rotatable bonds is 8. The lowest BCUT2D eigenvalue weighted by atomic mass is 10.1. The fourth-order valence-electron chi connectivity index (χ4n) is 2.71. The molecule has 0 saturated carbocycles. The molecule has 0 aliphatic heterocycles. The second-order valence-electron chi connectivity index (χ2n) is 5.91. The van der Waals surface area contributed by atoms with Crippen molar-refractivity contribution >= 4 is 29.9 Å². The topological polar surface area (TPSA) is 75.3 Å². The van der Waals surface area contributed by atoms with Crippen molar-refractivity contribution in [2.45, 2.75) is 53.5 Å². The lowest BCUT2D eigenvalue weighted by molar-refractivity contribution is 0.380. The normalized spacial score (nSPS) is 11.2. The number of pyridine rings is 1. The maximum absolute atomic E-state index is 5.41. The van der Waals surface area contributed by atoms with Crippen LogP contribution in [0.1, 0.15) is 48.9 Å². The van der Waals surface area contributed by atoms with Gasteiger partial charge in [-0.15, -0.1) is 24.0 Å². The summed E-state index contributed by atoms with van der Waals surface area (Å²) in [6.07, 6.45) is 6.38. The molecule has 0 aliphatic carbocycles. The predicted molar refractivity (Wildman–Crippen MR) is 116 cm³/mol. The Morgan fingerprint density at radius 3 is 2.65 bits per heavy atom. The van der Waals surface area contributed by atoms with Crippen LogP contribution in [0.4, 0.5) is 0 Å². The zero-order valence-electron chi connectivity index (χ0n) is 16.1. The van der Waals surface area contributed by atoms with Crippen molar-refractivity contribution in [3.63, 3.8) is 0 Å². The van der Waals surface area contributed by atoms with E-state index in [0.717, 1.165) is 55.3 Å². The van der Waals surface area contributed by atoms with E-state index in [1.54, 1.807) is 0 Å². The third kappa shape index (κ3) is 6.26. The molecule has 2 aromatic rings. The van der Waals surface area contributed by atoms with Gasteiger partial charge >= 0.3 is 0 Å². The highest BCUT2D eigenvalue weighted by Gasteiger charge is 2.13. The zero-order chi connectivity index (χ0) is 18.1. The number of aromatic nitrogens is 2. The summed E-state index contributed by atoms with van der Waals surface area (Å²) in [6.45, 7) is 10.6. The molecule has 6 nitrogen and oxygen atoms in total. The average molecular weight is 471 g/mol. The molecule has 0 saturated heterocycles. The van der Waals surface area contributed by atoms with Gasteiger partial charge in [0.2, 0.25) is 0 Å². The molecular formula is C19H30IN5O. The number of halogens is 1. The summed E-state index contributed by atoms with van der Waals surface area (Å²) in [5.74, 6) is 1.75. The van der Waals surface area contributed by atoms with Crippen LogP contribution >= 0.6 is 24.0 Å². The molecule has 2 rings (SSSR count). The Morgan fingerprint density at radius 2 is 2.00 bits per heavy atom. The van der Waals surface area contributed by atoms with Crippen molar-refractivity contribution in [2.24, 2.45) is 4.99 Å². The van der Waals surface area contributed by atoms with E-state index in [-0.39, 0.29) is 24.0 Å². The second-order valence-corrected chi connectivity index (χ2v) is 5.91. The van der Waals surface area contributed by atoms with Gasteiger partial charge < -0.3 is 15.2 Å². The molecule has 0 spiro atoms. The largest absolute Gasteiger partial charge is 0.361 e. The first-order valence-corrected chi connectivity index (χ1v) is 9.07. The molecule has 2 N–H and O–H groups in total. The van der Waals surface area contributed by atoms with E-state index in [2.05, 4.69) is 54.5 Å². The molecule has 2 aromatic heterocycles. The maximum atomic E-state index is 5.41. The third-order valence-electron chi connectivity index (χ3n) is 4.17. The number of aliphatic imine (C=N–C) groups is 1. The molecule has 0 unspecified atom stereocenters. The van der Waals surface area contributed by atoms with Gasteiger partial charge in [-0.2, -0.15) is 0 Å². The predicted octanol–water partition coefficient (Wildman–Crippen LogP) is 3.42. The third-order valence-corrected chi connectivity index (χ3v) is 4.17. The molecule has 0 bridgehead atoms. The van der Waals surface area contributed by atoms with Gasteiger partial charge in [0.1, 0.15) is 5.76 Å². The molecule has 0 fully saturated rings. The molecule has 0 atom stereocenters. The van der Waals surface area contributed by atoms with Crippen LogP contribution < -0.4 is 10.6 Å². The Hall–Kier alpha value is -1.64. The number of hydrogen-bond donors (Lipinski definition) is 2. The van der Waals surface area contributed by atoms with E-state index in [1.165, 1.54) is 11.1 Å². The van der Waals surface area contributed by atoms with Gasteiger partial charge in [-0.25, -0.2) is 4.99 Å². The zero-order valence-corrected chi connectivity index (χ0v) is 18.5. The smallest absolute Gasteiger partial charge is 0.191 e. The Labute approximate surface area is 173 Å². The van der Waals surface area contributed by atoms with Crippen LogP contribution in [0.5, 0.6) is 0 Å². The first-order chi connectivity index (χ1) is 12.2. The van der Waals surface area contributed by atoms with E-state index in [0.29, 0.717) is 6.54 Å². The minimum absolute atomic E-state index is 0. The maximum Gasteiger partial charge on any atom is 0.191 e. The van der Waals surface area contributed by atoms with Crippen LogP contribution in [0.25, 0.3) is 0 Å². The fraction of sp³-hybridized carbons (Fsp3) is 0.526. The van der Waals surface area contributed by atoms with Gasteiger partial charge in [-0.05, 0) is 43.9 Å². The van der Waals surface area contributed by atoms with E-state index >= 15 is 0 Å². The first kappa shape index (κ1) is 22.4. The Bertz CT molecular complexity index is 677. The van der Waals surface area contributed by atoms with Crippen molar-refractivity contribution in [2.75, 3.05) is 13.1 Å². The SMILES string of the molecule is CCNC(=NCc1c(CC)noc1CC)NCCc1ccncc1C.I. The average Bonchev–Trinajstić information content (AvgIpc) is 3.03. The van der Waals surface area contributed by atoms with Crippen molar-refractivity contribution in [1.29, 1.82) is 0 Å².